The maximum absolute atomic E-state index is 10.3. The largest absolute Gasteiger partial charge is 0.497 e. The molecule has 0 aliphatic rings. The average molecular weight is 272 g/mol. The van der Waals surface area contributed by atoms with Gasteiger partial charge in [-0.1, -0.05) is 42.5 Å². The molecule has 3 heteroatoms. The highest BCUT2D eigenvalue weighted by Gasteiger charge is 2.18. The molecule has 0 amide bonds. The second kappa shape index (κ2) is 7.08. The number of ether oxygens (including phenoxy) is 1. The van der Waals surface area contributed by atoms with Gasteiger partial charge in [-0.25, -0.2) is 0 Å². The van der Waals surface area contributed by atoms with Gasteiger partial charge in [-0.15, -0.1) is 0 Å². The summed E-state index contributed by atoms with van der Waals surface area (Å²) >= 11 is 0. The Morgan fingerprint density at radius 1 is 1.10 bits per heavy atom. The van der Waals surface area contributed by atoms with Crippen LogP contribution < -0.4 is 10.1 Å². The van der Waals surface area contributed by atoms with Gasteiger partial charge in [0.2, 0.25) is 0 Å². The van der Waals surface area contributed by atoms with E-state index in [4.69, 9.17) is 4.74 Å². The maximum Gasteiger partial charge on any atom is 0.130 e. The summed E-state index contributed by atoms with van der Waals surface area (Å²) in [5, 5.41) is 12.5. The first-order valence-corrected chi connectivity index (χ1v) is 6.90. The number of benzene rings is 2. The highest BCUT2D eigenvalue weighted by atomic mass is 16.5. The van der Waals surface area contributed by atoms with E-state index in [1.54, 1.807) is 7.11 Å². The van der Waals surface area contributed by atoms with Crippen molar-refractivity contribution >= 4 is 0 Å². The fourth-order valence-corrected chi connectivity index (χ4v) is 2.20. The lowest BCUT2D eigenvalue weighted by atomic mass is 10.0. The first-order valence-electron chi connectivity index (χ1n) is 6.90. The molecule has 0 spiro atoms. The Labute approximate surface area is 120 Å². The van der Waals surface area contributed by atoms with Crippen molar-refractivity contribution < 1.29 is 15.2 Å². The molecule has 0 saturated carbocycles. The summed E-state index contributed by atoms with van der Waals surface area (Å²) in [7, 11) is 1.67. The van der Waals surface area contributed by atoms with E-state index in [1.807, 2.05) is 55.5 Å². The molecule has 106 valence electrons. The van der Waals surface area contributed by atoms with Crippen molar-refractivity contribution in [2.45, 2.75) is 25.6 Å². The number of aliphatic hydroxyl groups excluding tert-OH is 1. The third kappa shape index (κ3) is 3.83. The van der Waals surface area contributed by atoms with Gasteiger partial charge in [0.15, 0.2) is 0 Å². The van der Waals surface area contributed by atoms with E-state index in [9.17, 15) is 5.11 Å². The van der Waals surface area contributed by atoms with Crippen LogP contribution in [0.1, 0.15) is 24.2 Å². The molecule has 20 heavy (non-hydrogen) atoms. The van der Waals surface area contributed by atoms with E-state index in [2.05, 4.69) is 11.4 Å². The van der Waals surface area contributed by atoms with E-state index in [-0.39, 0.29) is 6.04 Å². The molecule has 0 saturated heterocycles. The van der Waals surface area contributed by atoms with Gasteiger partial charge in [-0.2, -0.15) is 0 Å². The van der Waals surface area contributed by atoms with E-state index in [0.717, 1.165) is 17.9 Å². The third-order valence-electron chi connectivity index (χ3n) is 3.50. The van der Waals surface area contributed by atoms with Crippen LogP contribution in [0.5, 0.6) is 5.75 Å². The van der Waals surface area contributed by atoms with Crippen LogP contribution >= 0.6 is 0 Å². The smallest absolute Gasteiger partial charge is 0.130 e. The minimum Gasteiger partial charge on any atom is -0.497 e. The van der Waals surface area contributed by atoms with Gasteiger partial charge >= 0.3 is 0 Å². The zero-order chi connectivity index (χ0) is 14.4. The molecular formula is C17H22NO2+. The summed E-state index contributed by atoms with van der Waals surface area (Å²) in [5.74, 6) is 0.868. The average Bonchev–Trinajstić information content (AvgIpc) is 2.53. The summed E-state index contributed by atoms with van der Waals surface area (Å²) in [5.41, 5.74) is 2.15. The van der Waals surface area contributed by atoms with E-state index < -0.39 is 6.10 Å². The van der Waals surface area contributed by atoms with Crippen LogP contribution in [-0.2, 0) is 6.54 Å². The van der Waals surface area contributed by atoms with Crippen molar-refractivity contribution in [1.82, 2.24) is 0 Å². The second-order valence-corrected chi connectivity index (χ2v) is 5.01. The predicted octanol–water partition coefficient (Wildman–Crippen LogP) is 1.88. The molecule has 0 aliphatic heterocycles. The Kier molecular flexibility index (Phi) is 5.16. The van der Waals surface area contributed by atoms with E-state index in [0.29, 0.717) is 0 Å². The van der Waals surface area contributed by atoms with E-state index in [1.165, 1.54) is 5.56 Å². The summed E-state index contributed by atoms with van der Waals surface area (Å²) < 4.78 is 5.22. The number of quaternary nitrogens is 1. The number of methoxy groups -OCH3 is 1. The number of hydrogen-bond donors (Lipinski definition) is 2. The molecule has 0 bridgehead atoms. The SMILES string of the molecule is COc1cccc(C[NH2+][C@@H](C)[C@H](O)c2ccccc2)c1. The lowest BCUT2D eigenvalue weighted by molar-refractivity contribution is -0.709. The van der Waals surface area contributed by atoms with Crippen LogP contribution in [0, 0.1) is 0 Å². The molecule has 0 aliphatic carbocycles. The third-order valence-corrected chi connectivity index (χ3v) is 3.50. The van der Waals surface area contributed by atoms with Crippen LogP contribution in [0.4, 0.5) is 0 Å². The van der Waals surface area contributed by atoms with Crippen LogP contribution in [0.15, 0.2) is 54.6 Å². The molecule has 2 aromatic carbocycles. The number of aliphatic hydroxyl groups is 1. The summed E-state index contributed by atoms with van der Waals surface area (Å²) in [4.78, 5) is 0. The fraction of sp³-hybridized carbons (Fsp3) is 0.294. The van der Waals surface area contributed by atoms with Crippen LogP contribution in [0.3, 0.4) is 0 Å². The minimum absolute atomic E-state index is 0.101. The number of rotatable bonds is 6. The Morgan fingerprint density at radius 3 is 2.55 bits per heavy atom. The molecule has 0 unspecified atom stereocenters. The Balaban J connectivity index is 1.93. The first-order chi connectivity index (χ1) is 9.70. The van der Waals surface area contributed by atoms with Gasteiger partial charge in [0, 0.05) is 5.56 Å². The van der Waals surface area contributed by atoms with Crippen LogP contribution in [0.25, 0.3) is 0 Å². The standard InChI is InChI=1S/C17H21NO2/c1-13(17(19)15-8-4-3-5-9-15)18-12-14-7-6-10-16(11-14)20-2/h3-11,13,17-19H,12H2,1-2H3/p+1/t13-,17-/m0/s1. The molecule has 2 aromatic rings. The summed E-state index contributed by atoms with van der Waals surface area (Å²) in [6, 6.07) is 17.9. The molecule has 0 aromatic heterocycles. The van der Waals surface area contributed by atoms with Gasteiger partial charge in [-0.3, -0.25) is 0 Å². The first kappa shape index (κ1) is 14.6. The van der Waals surface area contributed by atoms with Gasteiger partial charge < -0.3 is 15.2 Å². The second-order valence-electron chi connectivity index (χ2n) is 5.01. The van der Waals surface area contributed by atoms with Crippen molar-refractivity contribution in [3.05, 3.63) is 65.7 Å². The van der Waals surface area contributed by atoms with Crippen LogP contribution in [0.2, 0.25) is 0 Å². The van der Waals surface area contributed by atoms with Gasteiger partial charge in [-0.05, 0) is 24.6 Å². The van der Waals surface area contributed by atoms with Gasteiger partial charge in [0.25, 0.3) is 0 Å². The van der Waals surface area contributed by atoms with Gasteiger partial charge in [0.1, 0.15) is 24.4 Å². The van der Waals surface area contributed by atoms with Crippen LogP contribution in [-0.4, -0.2) is 18.3 Å². The van der Waals surface area contributed by atoms with Crippen molar-refractivity contribution in [2.75, 3.05) is 7.11 Å². The van der Waals surface area contributed by atoms with Crippen molar-refractivity contribution in [3.8, 4) is 5.75 Å². The fourth-order valence-electron chi connectivity index (χ4n) is 2.20. The quantitative estimate of drug-likeness (QED) is 0.843. The Hall–Kier alpha value is -1.84. The normalized spacial score (nSPS) is 13.8. The van der Waals surface area contributed by atoms with Gasteiger partial charge in [0.05, 0.1) is 7.11 Å². The Bertz CT molecular complexity index is 528. The maximum atomic E-state index is 10.3. The number of hydrogen-bond acceptors (Lipinski definition) is 2. The number of nitrogens with two attached hydrogens (primary N) is 1. The molecule has 0 heterocycles. The zero-order valence-electron chi connectivity index (χ0n) is 12.0. The molecule has 0 radical (unpaired) electrons. The summed E-state index contributed by atoms with van der Waals surface area (Å²) in [6.07, 6.45) is -0.457. The highest BCUT2D eigenvalue weighted by molar-refractivity contribution is 5.27. The predicted molar refractivity (Wildman–Crippen MR) is 79.5 cm³/mol. The molecule has 3 N–H and O–H groups in total. The minimum atomic E-state index is -0.457. The molecular weight excluding hydrogens is 250 g/mol. The molecule has 2 atom stereocenters. The summed E-state index contributed by atoms with van der Waals surface area (Å²) in [6.45, 7) is 2.86. The van der Waals surface area contributed by atoms with Crippen molar-refractivity contribution in [1.29, 1.82) is 0 Å². The zero-order valence-corrected chi connectivity index (χ0v) is 12.0. The molecule has 3 nitrogen and oxygen atoms in total. The monoisotopic (exact) mass is 272 g/mol. The lowest BCUT2D eigenvalue weighted by Crippen LogP contribution is -2.88. The lowest BCUT2D eigenvalue weighted by Gasteiger charge is -2.18. The Morgan fingerprint density at radius 2 is 1.85 bits per heavy atom. The van der Waals surface area contributed by atoms with Crippen molar-refractivity contribution in [2.24, 2.45) is 0 Å². The van der Waals surface area contributed by atoms with E-state index >= 15 is 0 Å². The molecule has 2 rings (SSSR count). The molecule has 0 fully saturated rings. The highest BCUT2D eigenvalue weighted by Crippen LogP contribution is 2.14. The van der Waals surface area contributed by atoms with Crippen molar-refractivity contribution in [3.63, 3.8) is 0 Å². The topological polar surface area (TPSA) is 46.1 Å².